The fourth-order valence-electron chi connectivity index (χ4n) is 2.01. The number of benzene rings is 1. The molecule has 0 amide bonds. The first kappa shape index (κ1) is 15.4. The van der Waals surface area contributed by atoms with Crippen LogP contribution < -0.4 is 5.32 Å². The fraction of sp³-hybridized carbons (Fsp3) is 0.312. The van der Waals surface area contributed by atoms with Gasteiger partial charge in [-0.05, 0) is 35.2 Å². The largest absolute Gasteiger partial charge is 0.418 e. The molecule has 0 saturated carbocycles. The lowest BCUT2D eigenvalue weighted by molar-refractivity contribution is -0.137. The standard InChI is InChI=1S/C16H17F3N2/c1-11(2)13-5-6-15(14(8-13)16(17,18)19)21-10-12-4-3-7-20-9-12/h3-9,11,21H,10H2,1-2H3. The van der Waals surface area contributed by atoms with Crippen molar-refractivity contribution in [2.45, 2.75) is 32.5 Å². The minimum atomic E-state index is -4.37. The van der Waals surface area contributed by atoms with Gasteiger partial charge in [0, 0.05) is 24.6 Å². The summed E-state index contributed by atoms with van der Waals surface area (Å²) in [5.74, 6) is 0.0541. The van der Waals surface area contributed by atoms with Crippen molar-refractivity contribution in [1.29, 1.82) is 0 Å². The number of aromatic nitrogens is 1. The van der Waals surface area contributed by atoms with E-state index in [1.807, 2.05) is 19.9 Å². The van der Waals surface area contributed by atoms with E-state index in [4.69, 9.17) is 0 Å². The molecule has 2 aromatic rings. The predicted octanol–water partition coefficient (Wildman–Crippen LogP) is 4.84. The maximum Gasteiger partial charge on any atom is 0.418 e. The lowest BCUT2D eigenvalue weighted by Gasteiger charge is -2.17. The molecule has 1 N–H and O–H groups in total. The van der Waals surface area contributed by atoms with E-state index >= 15 is 0 Å². The fourth-order valence-corrected chi connectivity index (χ4v) is 2.01. The third-order valence-electron chi connectivity index (χ3n) is 3.22. The van der Waals surface area contributed by atoms with Crippen LogP contribution in [0.15, 0.2) is 42.7 Å². The molecule has 0 unspecified atom stereocenters. The summed E-state index contributed by atoms with van der Waals surface area (Å²) in [6.07, 6.45) is -1.12. The first-order valence-corrected chi connectivity index (χ1v) is 6.72. The van der Waals surface area contributed by atoms with Crippen molar-refractivity contribution >= 4 is 5.69 Å². The highest BCUT2D eigenvalue weighted by Gasteiger charge is 2.33. The minimum Gasteiger partial charge on any atom is -0.380 e. The van der Waals surface area contributed by atoms with Crippen LogP contribution in [0.2, 0.25) is 0 Å². The second-order valence-corrected chi connectivity index (χ2v) is 5.17. The van der Waals surface area contributed by atoms with Crippen LogP contribution in [-0.2, 0) is 12.7 Å². The van der Waals surface area contributed by atoms with Gasteiger partial charge in [-0.3, -0.25) is 4.98 Å². The third kappa shape index (κ3) is 3.97. The number of anilines is 1. The molecule has 5 heteroatoms. The molecule has 0 spiro atoms. The number of hydrogen-bond acceptors (Lipinski definition) is 2. The van der Waals surface area contributed by atoms with Gasteiger partial charge in [-0.2, -0.15) is 13.2 Å². The molecule has 21 heavy (non-hydrogen) atoms. The van der Waals surface area contributed by atoms with Crippen molar-refractivity contribution in [3.05, 3.63) is 59.4 Å². The highest BCUT2D eigenvalue weighted by Crippen LogP contribution is 2.36. The molecule has 0 atom stereocenters. The van der Waals surface area contributed by atoms with Crippen molar-refractivity contribution in [1.82, 2.24) is 4.98 Å². The van der Waals surface area contributed by atoms with Gasteiger partial charge in [-0.15, -0.1) is 0 Å². The van der Waals surface area contributed by atoms with E-state index in [2.05, 4.69) is 10.3 Å². The van der Waals surface area contributed by atoms with Crippen LogP contribution in [-0.4, -0.2) is 4.98 Å². The second-order valence-electron chi connectivity index (χ2n) is 5.17. The van der Waals surface area contributed by atoms with Crippen LogP contribution in [0.4, 0.5) is 18.9 Å². The Kier molecular flexibility index (Phi) is 4.50. The molecule has 1 heterocycles. The predicted molar refractivity (Wildman–Crippen MR) is 77.1 cm³/mol. The smallest absolute Gasteiger partial charge is 0.380 e. The van der Waals surface area contributed by atoms with Gasteiger partial charge in [0.2, 0.25) is 0 Å². The highest BCUT2D eigenvalue weighted by atomic mass is 19.4. The molecular formula is C16H17F3N2. The van der Waals surface area contributed by atoms with E-state index in [-0.39, 0.29) is 11.6 Å². The van der Waals surface area contributed by atoms with Crippen LogP contribution in [0.5, 0.6) is 0 Å². The summed E-state index contributed by atoms with van der Waals surface area (Å²) in [7, 11) is 0. The van der Waals surface area contributed by atoms with E-state index in [1.165, 1.54) is 12.1 Å². The molecule has 2 rings (SSSR count). The number of alkyl halides is 3. The van der Waals surface area contributed by atoms with Crippen molar-refractivity contribution in [3.8, 4) is 0 Å². The summed E-state index contributed by atoms with van der Waals surface area (Å²) in [4.78, 5) is 3.94. The zero-order valence-corrected chi connectivity index (χ0v) is 11.9. The van der Waals surface area contributed by atoms with Gasteiger partial charge in [-0.25, -0.2) is 0 Å². The molecule has 0 aliphatic heterocycles. The van der Waals surface area contributed by atoms with Crippen LogP contribution >= 0.6 is 0 Å². The zero-order valence-electron chi connectivity index (χ0n) is 11.9. The Morgan fingerprint density at radius 1 is 1.19 bits per heavy atom. The molecule has 2 nitrogen and oxygen atoms in total. The van der Waals surface area contributed by atoms with E-state index in [9.17, 15) is 13.2 Å². The molecule has 0 fully saturated rings. The van der Waals surface area contributed by atoms with E-state index < -0.39 is 11.7 Å². The van der Waals surface area contributed by atoms with Crippen LogP contribution in [0, 0.1) is 0 Å². The lowest BCUT2D eigenvalue weighted by Crippen LogP contribution is -2.12. The Hall–Kier alpha value is -2.04. The SMILES string of the molecule is CC(C)c1ccc(NCc2cccnc2)c(C(F)(F)F)c1. The van der Waals surface area contributed by atoms with Gasteiger partial charge in [0.15, 0.2) is 0 Å². The molecule has 1 aromatic heterocycles. The van der Waals surface area contributed by atoms with E-state index in [1.54, 1.807) is 24.5 Å². The monoisotopic (exact) mass is 294 g/mol. The summed E-state index contributed by atoms with van der Waals surface area (Å²) < 4.78 is 39.5. The summed E-state index contributed by atoms with van der Waals surface area (Å²) in [6, 6.07) is 8.01. The summed E-state index contributed by atoms with van der Waals surface area (Å²) in [5.41, 5.74) is 0.973. The van der Waals surface area contributed by atoms with Crippen LogP contribution in [0.3, 0.4) is 0 Å². The first-order valence-electron chi connectivity index (χ1n) is 6.72. The summed E-state index contributed by atoms with van der Waals surface area (Å²) in [5, 5.41) is 2.84. The van der Waals surface area contributed by atoms with Gasteiger partial charge in [0.1, 0.15) is 0 Å². The number of hydrogen-bond donors (Lipinski definition) is 1. The molecule has 0 radical (unpaired) electrons. The Balaban J connectivity index is 2.26. The van der Waals surface area contributed by atoms with E-state index in [0.717, 1.165) is 5.56 Å². The number of pyridine rings is 1. The average molecular weight is 294 g/mol. The molecule has 0 aliphatic carbocycles. The van der Waals surface area contributed by atoms with Gasteiger partial charge in [0.25, 0.3) is 0 Å². The minimum absolute atomic E-state index is 0.0541. The Morgan fingerprint density at radius 3 is 2.52 bits per heavy atom. The number of nitrogens with one attached hydrogen (secondary N) is 1. The maximum atomic E-state index is 13.2. The highest BCUT2D eigenvalue weighted by molar-refractivity contribution is 5.55. The van der Waals surface area contributed by atoms with Crippen molar-refractivity contribution in [2.75, 3.05) is 5.32 Å². The molecule has 0 bridgehead atoms. The number of rotatable bonds is 4. The van der Waals surface area contributed by atoms with Crippen LogP contribution in [0.1, 0.15) is 36.5 Å². The average Bonchev–Trinajstić information content (AvgIpc) is 2.45. The molecule has 0 aliphatic rings. The zero-order chi connectivity index (χ0) is 15.5. The lowest BCUT2D eigenvalue weighted by atomic mass is 9.99. The van der Waals surface area contributed by atoms with Crippen molar-refractivity contribution in [3.63, 3.8) is 0 Å². The Labute approximate surface area is 122 Å². The molecule has 1 aromatic carbocycles. The number of nitrogens with zero attached hydrogens (tertiary/aromatic N) is 1. The number of halogens is 3. The van der Waals surface area contributed by atoms with Gasteiger partial charge >= 0.3 is 6.18 Å². The van der Waals surface area contributed by atoms with Gasteiger partial charge < -0.3 is 5.32 Å². The second kappa shape index (κ2) is 6.16. The van der Waals surface area contributed by atoms with E-state index in [0.29, 0.717) is 12.1 Å². The Morgan fingerprint density at radius 2 is 1.95 bits per heavy atom. The van der Waals surface area contributed by atoms with Crippen molar-refractivity contribution in [2.24, 2.45) is 0 Å². The quantitative estimate of drug-likeness (QED) is 0.873. The van der Waals surface area contributed by atoms with Gasteiger partial charge in [0.05, 0.1) is 5.56 Å². The van der Waals surface area contributed by atoms with Crippen LogP contribution in [0.25, 0.3) is 0 Å². The molecule has 112 valence electrons. The van der Waals surface area contributed by atoms with Gasteiger partial charge in [-0.1, -0.05) is 26.0 Å². The third-order valence-corrected chi connectivity index (χ3v) is 3.22. The first-order chi connectivity index (χ1) is 9.88. The molecule has 0 saturated heterocycles. The van der Waals surface area contributed by atoms with Crippen molar-refractivity contribution < 1.29 is 13.2 Å². The molecular weight excluding hydrogens is 277 g/mol. The topological polar surface area (TPSA) is 24.9 Å². The maximum absolute atomic E-state index is 13.2. The normalized spacial score (nSPS) is 11.7. The Bertz CT molecular complexity index is 592. The summed E-state index contributed by atoms with van der Waals surface area (Å²) >= 11 is 0. The summed E-state index contributed by atoms with van der Waals surface area (Å²) in [6.45, 7) is 4.05.